The van der Waals surface area contributed by atoms with Gasteiger partial charge in [-0.05, 0) is 36.5 Å². The van der Waals surface area contributed by atoms with Gasteiger partial charge in [0.1, 0.15) is 0 Å². The first-order valence-electron chi connectivity index (χ1n) is 6.94. The van der Waals surface area contributed by atoms with Crippen LogP contribution < -0.4 is 5.32 Å². The molecule has 0 saturated carbocycles. The lowest BCUT2D eigenvalue weighted by Crippen LogP contribution is -2.17. The van der Waals surface area contributed by atoms with Crippen LogP contribution in [0.25, 0.3) is 0 Å². The molecule has 0 aliphatic heterocycles. The third-order valence-electron chi connectivity index (χ3n) is 3.71. The maximum absolute atomic E-state index is 11.8. The summed E-state index contributed by atoms with van der Waals surface area (Å²) in [6.07, 6.45) is 0.491. The van der Waals surface area contributed by atoms with E-state index in [-0.39, 0.29) is 5.91 Å². The number of amides is 1. The Kier molecular flexibility index (Phi) is 5.74. The summed E-state index contributed by atoms with van der Waals surface area (Å²) in [6, 6.07) is 6.96. The Hall–Kier alpha value is -1.84. The Labute approximate surface area is 120 Å². The van der Waals surface area contributed by atoms with Crippen molar-refractivity contribution in [3.05, 3.63) is 29.8 Å². The normalized spacial score (nSPS) is 13.8. The lowest BCUT2D eigenvalue weighted by molar-refractivity contribution is -0.138. The zero-order valence-corrected chi connectivity index (χ0v) is 12.5. The molecule has 4 heteroatoms. The molecule has 0 fully saturated rings. The minimum Gasteiger partial charge on any atom is -0.481 e. The molecule has 0 aliphatic rings. The van der Waals surface area contributed by atoms with Crippen LogP contribution in [0.3, 0.4) is 0 Å². The predicted octanol–water partition coefficient (Wildman–Crippen LogP) is 3.50. The van der Waals surface area contributed by atoms with Gasteiger partial charge in [-0.2, -0.15) is 0 Å². The van der Waals surface area contributed by atoms with Crippen molar-refractivity contribution < 1.29 is 14.7 Å². The standard InChI is InChI=1S/C16H23NO3/c1-10(2)11(3)9-15(18)17-14-7-5-13(6-8-14)12(4)16(19)20/h5-8,10-12H,9H2,1-4H3,(H,17,18)(H,19,20). The zero-order chi connectivity index (χ0) is 15.3. The second-order valence-electron chi connectivity index (χ2n) is 5.66. The molecule has 2 unspecified atom stereocenters. The quantitative estimate of drug-likeness (QED) is 0.836. The van der Waals surface area contributed by atoms with Crippen LogP contribution in [0.2, 0.25) is 0 Å². The fourth-order valence-electron chi connectivity index (χ4n) is 1.74. The third kappa shape index (κ3) is 4.68. The summed E-state index contributed by atoms with van der Waals surface area (Å²) in [4.78, 5) is 22.7. The maximum Gasteiger partial charge on any atom is 0.310 e. The van der Waals surface area contributed by atoms with Crippen LogP contribution in [0, 0.1) is 11.8 Å². The second-order valence-corrected chi connectivity index (χ2v) is 5.66. The van der Waals surface area contributed by atoms with E-state index in [0.29, 0.717) is 23.9 Å². The first kappa shape index (κ1) is 16.2. The number of benzene rings is 1. The van der Waals surface area contributed by atoms with Crippen molar-refractivity contribution >= 4 is 17.6 Å². The molecule has 0 spiro atoms. The molecule has 1 aromatic rings. The van der Waals surface area contributed by atoms with Crippen LogP contribution in [-0.4, -0.2) is 17.0 Å². The monoisotopic (exact) mass is 277 g/mol. The molecule has 0 aromatic heterocycles. The van der Waals surface area contributed by atoms with Crippen LogP contribution in [0.5, 0.6) is 0 Å². The fourth-order valence-corrected chi connectivity index (χ4v) is 1.74. The Morgan fingerprint density at radius 3 is 2.10 bits per heavy atom. The molecule has 2 atom stereocenters. The van der Waals surface area contributed by atoms with Gasteiger partial charge in [0.2, 0.25) is 5.91 Å². The van der Waals surface area contributed by atoms with Gasteiger partial charge in [-0.15, -0.1) is 0 Å². The molecule has 0 bridgehead atoms. The number of carbonyl (C=O) groups is 2. The summed E-state index contributed by atoms with van der Waals surface area (Å²) in [6.45, 7) is 7.89. The average Bonchev–Trinajstić information content (AvgIpc) is 2.38. The highest BCUT2D eigenvalue weighted by molar-refractivity contribution is 5.90. The van der Waals surface area contributed by atoms with Crippen molar-refractivity contribution in [1.29, 1.82) is 0 Å². The lowest BCUT2D eigenvalue weighted by atomic mass is 9.94. The maximum atomic E-state index is 11.8. The first-order chi connectivity index (χ1) is 9.31. The number of rotatable bonds is 6. The van der Waals surface area contributed by atoms with E-state index in [2.05, 4.69) is 26.1 Å². The minimum atomic E-state index is -0.854. The summed E-state index contributed by atoms with van der Waals surface area (Å²) in [7, 11) is 0. The highest BCUT2D eigenvalue weighted by atomic mass is 16.4. The van der Waals surface area contributed by atoms with E-state index in [4.69, 9.17) is 5.11 Å². The SMILES string of the molecule is CC(C(=O)O)c1ccc(NC(=O)CC(C)C(C)C)cc1. The van der Waals surface area contributed by atoms with Crippen molar-refractivity contribution in [2.24, 2.45) is 11.8 Å². The van der Waals surface area contributed by atoms with E-state index < -0.39 is 11.9 Å². The molecule has 2 N–H and O–H groups in total. The van der Waals surface area contributed by atoms with E-state index >= 15 is 0 Å². The fraction of sp³-hybridized carbons (Fsp3) is 0.500. The second kappa shape index (κ2) is 7.08. The molecule has 0 aliphatic carbocycles. The van der Waals surface area contributed by atoms with Gasteiger partial charge in [-0.3, -0.25) is 9.59 Å². The number of nitrogens with one attached hydrogen (secondary N) is 1. The highest BCUT2D eigenvalue weighted by Crippen LogP contribution is 2.19. The van der Waals surface area contributed by atoms with Gasteiger partial charge in [0.05, 0.1) is 5.92 Å². The number of carboxylic acid groups (broad SMARTS) is 1. The van der Waals surface area contributed by atoms with E-state index in [1.807, 2.05) is 0 Å². The highest BCUT2D eigenvalue weighted by Gasteiger charge is 2.14. The van der Waals surface area contributed by atoms with Gasteiger partial charge in [0.15, 0.2) is 0 Å². The number of carboxylic acids is 1. The van der Waals surface area contributed by atoms with Crippen LogP contribution >= 0.6 is 0 Å². The molecule has 0 saturated heterocycles. The zero-order valence-electron chi connectivity index (χ0n) is 12.5. The number of anilines is 1. The van der Waals surface area contributed by atoms with E-state index in [1.54, 1.807) is 31.2 Å². The van der Waals surface area contributed by atoms with Gasteiger partial charge >= 0.3 is 5.97 Å². The largest absolute Gasteiger partial charge is 0.481 e. The van der Waals surface area contributed by atoms with E-state index in [1.165, 1.54) is 0 Å². The van der Waals surface area contributed by atoms with Crippen molar-refractivity contribution in [3.63, 3.8) is 0 Å². The average molecular weight is 277 g/mol. The summed E-state index contributed by atoms with van der Waals surface area (Å²) < 4.78 is 0. The van der Waals surface area contributed by atoms with Crippen molar-refractivity contribution in [2.75, 3.05) is 5.32 Å². The first-order valence-corrected chi connectivity index (χ1v) is 6.94. The number of aliphatic carboxylic acids is 1. The molecule has 20 heavy (non-hydrogen) atoms. The number of carbonyl (C=O) groups excluding carboxylic acids is 1. The number of hydrogen-bond donors (Lipinski definition) is 2. The summed E-state index contributed by atoms with van der Waals surface area (Å²) in [5.41, 5.74) is 1.43. The molecular formula is C16H23NO3. The minimum absolute atomic E-state index is 0.00904. The van der Waals surface area contributed by atoms with Crippen LogP contribution in [0.1, 0.15) is 45.6 Å². The van der Waals surface area contributed by atoms with Crippen LogP contribution in [0.4, 0.5) is 5.69 Å². The van der Waals surface area contributed by atoms with E-state index in [9.17, 15) is 9.59 Å². The number of hydrogen-bond acceptors (Lipinski definition) is 2. The smallest absolute Gasteiger partial charge is 0.310 e. The summed E-state index contributed by atoms with van der Waals surface area (Å²) in [5.74, 6) is -0.598. The van der Waals surface area contributed by atoms with Crippen molar-refractivity contribution in [3.8, 4) is 0 Å². The molecule has 1 aromatic carbocycles. The molecule has 0 radical (unpaired) electrons. The van der Waals surface area contributed by atoms with Gasteiger partial charge < -0.3 is 10.4 Å². The molecule has 1 amide bonds. The van der Waals surface area contributed by atoms with Crippen LogP contribution in [-0.2, 0) is 9.59 Å². The van der Waals surface area contributed by atoms with Gasteiger partial charge in [-0.1, -0.05) is 32.9 Å². The molecule has 110 valence electrons. The summed E-state index contributed by atoms with van der Waals surface area (Å²) in [5, 5.41) is 11.8. The van der Waals surface area contributed by atoms with Crippen molar-refractivity contribution in [2.45, 2.75) is 40.0 Å². The Balaban J connectivity index is 2.62. The predicted molar refractivity (Wildman–Crippen MR) is 79.7 cm³/mol. The molecule has 1 rings (SSSR count). The molecule has 4 nitrogen and oxygen atoms in total. The van der Waals surface area contributed by atoms with Crippen LogP contribution in [0.15, 0.2) is 24.3 Å². The molecule has 0 heterocycles. The topological polar surface area (TPSA) is 66.4 Å². The molecular weight excluding hydrogens is 254 g/mol. The van der Waals surface area contributed by atoms with Gasteiger partial charge in [0.25, 0.3) is 0 Å². The Bertz CT molecular complexity index is 465. The summed E-state index contributed by atoms with van der Waals surface area (Å²) >= 11 is 0. The Morgan fingerprint density at radius 2 is 1.65 bits per heavy atom. The third-order valence-corrected chi connectivity index (χ3v) is 3.71. The lowest BCUT2D eigenvalue weighted by Gasteiger charge is -2.15. The Morgan fingerprint density at radius 1 is 1.10 bits per heavy atom. The van der Waals surface area contributed by atoms with Gasteiger partial charge in [0, 0.05) is 12.1 Å². The van der Waals surface area contributed by atoms with Crippen molar-refractivity contribution in [1.82, 2.24) is 0 Å². The van der Waals surface area contributed by atoms with E-state index in [0.717, 1.165) is 5.56 Å². The van der Waals surface area contributed by atoms with Gasteiger partial charge in [-0.25, -0.2) is 0 Å².